The molecule has 0 atom stereocenters. The van der Waals surface area contributed by atoms with E-state index >= 15 is 0 Å². The molecule has 0 radical (unpaired) electrons. The maximum atomic E-state index is 12.8. The fourth-order valence-electron chi connectivity index (χ4n) is 3.15. The summed E-state index contributed by atoms with van der Waals surface area (Å²) in [5.41, 5.74) is 1.89. The van der Waals surface area contributed by atoms with E-state index in [4.69, 9.17) is 4.74 Å². The average Bonchev–Trinajstić information content (AvgIpc) is 2.72. The van der Waals surface area contributed by atoms with Crippen LogP contribution in [0.15, 0.2) is 36.5 Å². The van der Waals surface area contributed by atoms with E-state index in [1.165, 1.54) is 0 Å². The summed E-state index contributed by atoms with van der Waals surface area (Å²) >= 11 is 0. The van der Waals surface area contributed by atoms with Crippen LogP contribution in [0.3, 0.4) is 0 Å². The van der Waals surface area contributed by atoms with E-state index in [9.17, 15) is 4.79 Å². The predicted molar refractivity (Wildman–Crippen MR) is 101 cm³/mol. The van der Waals surface area contributed by atoms with Crippen LogP contribution in [0.5, 0.6) is 5.88 Å². The van der Waals surface area contributed by atoms with Crippen LogP contribution in [0.4, 0.5) is 5.82 Å². The van der Waals surface area contributed by atoms with Gasteiger partial charge in [0.2, 0.25) is 5.88 Å². The van der Waals surface area contributed by atoms with Crippen LogP contribution >= 0.6 is 0 Å². The Morgan fingerprint density at radius 2 is 1.78 bits per heavy atom. The summed E-state index contributed by atoms with van der Waals surface area (Å²) in [5, 5.41) is 0. The zero-order valence-corrected chi connectivity index (χ0v) is 15.3. The summed E-state index contributed by atoms with van der Waals surface area (Å²) in [7, 11) is 1.59. The number of benzene rings is 1. The predicted octanol–water partition coefficient (Wildman–Crippen LogP) is 1.70. The van der Waals surface area contributed by atoms with Gasteiger partial charge in [0.25, 0.3) is 5.91 Å². The van der Waals surface area contributed by atoms with Gasteiger partial charge in [-0.2, -0.15) is 4.98 Å². The molecule has 3 heterocycles. The standard InChI is InChI=1S/C19H20N6O2/c1-13-21-17(11-18(22-13)27-2)24-7-9-25(10-8-24)19(26)16-12-20-14-5-3-4-6-15(14)23-16/h3-6,11-12H,7-10H2,1-2H3. The molecule has 1 aliphatic rings. The van der Waals surface area contributed by atoms with Crippen molar-refractivity contribution in [3.63, 3.8) is 0 Å². The molecule has 8 nitrogen and oxygen atoms in total. The molecule has 0 spiro atoms. The number of anilines is 1. The topological polar surface area (TPSA) is 84.3 Å². The van der Waals surface area contributed by atoms with Crippen molar-refractivity contribution in [1.29, 1.82) is 0 Å². The zero-order chi connectivity index (χ0) is 18.8. The van der Waals surface area contributed by atoms with Crippen LogP contribution in [0.2, 0.25) is 0 Å². The molecule has 4 rings (SSSR count). The normalized spacial score (nSPS) is 14.4. The summed E-state index contributed by atoms with van der Waals surface area (Å²) in [4.78, 5) is 34.2. The van der Waals surface area contributed by atoms with E-state index in [0.29, 0.717) is 43.6 Å². The lowest BCUT2D eigenvalue weighted by Crippen LogP contribution is -2.49. The van der Waals surface area contributed by atoms with Gasteiger partial charge in [-0.25, -0.2) is 9.97 Å². The van der Waals surface area contributed by atoms with Crippen molar-refractivity contribution in [2.75, 3.05) is 38.2 Å². The number of carbonyl (C=O) groups is 1. The summed E-state index contributed by atoms with van der Waals surface area (Å²) < 4.78 is 5.22. The van der Waals surface area contributed by atoms with E-state index < -0.39 is 0 Å². The smallest absolute Gasteiger partial charge is 0.274 e. The minimum absolute atomic E-state index is 0.0932. The van der Waals surface area contributed by atoms with E-state index in [-0.39, 0.29) is 5.91 Å². The third-order valence-electron chi connectivity index (χ3n) is 4.57. The van der Waals surface area contributed by atoms with Gasteiger partial charge in [-0.05, 0) is 19.1 Å². The quantitative estimate of drug-likeness (QED) is 0.699. The Morgan fingerprint density at radius 1 is 1.04 bits per heavy atom. The first-order valence-electron chi connectivity index (χ1n) is 8.80. The molecular weight excluding hydrogens is 344 g/mol. The van der Waals surface area contributed by atoms with Crippen molar-refractivity contribution >= 4 is 22.8 Å². The number of carbonyl (C=O) groups excluding carboxylic acids is 1. The summed E-state index contributed by atoms with van der Waals surface area (Å²) in [6.45, 7) is 4.40. The lowest BCUT2D eigenvalue weighted by atomic mass is 10.2. The number of nitrogens with zero attached hydrogens (tertiary/aromatic N) is 6. The molecule has 1 aromatic carbocycles. The maximum absolute atomic E-state index is 12.8. The highest BCUT2D eigenvalue weighted by Crippen LogP contribution is 2.19. The van der Waals surface area contributed by atoms with Gasteiger partial charge in [0.1, 0.15) is 17.3 Å². The number of amides is 1. The fourth-order valence-corrected chi connectivity index (χ4v) is 3.15. The van der Waals surface area contributed by atoms with E-state index in [1.807, 2.05) is 37.3 Å². The summed E-state index contributed by atoms with van der Waals surface area (Å²) in [5.74, 6) is 1.93. The van der Waals surface area contributed by atoms with Gasteiger partial charge >= 0.3 is 0 Å². The van der Waals surface area contributed by atoms with Crippen molar-refractivity contribution < 1.29 is 9.53 Å². The Bertz CT molecular complexity index is 985. The molecule has 0 saturated carbocycles. The SMILES string of the molecule is COc1cc(N2CCN(C(=O)c3cnc4ccccc4n3)CC2)nc(C)n1. The van der Waals surface area contributed by atoms with Crippen LogP contribution in [0.25, 0.3) is 11.0 Å². The summed E-state index contributed by atoms with van der Waals surface area (Å²) in [6.07, 6.45) is 1.55. The third-order valence-corrected chi connectivity index (χ3v) is 4.57. The molecule has 1 amide bonds. The molecule has 3 aromatic rings. The minimum Gasteiger partial charge on any atom is -0.481 e. The maximum Gasteiger partial charge on any atom is 0.274 e. The first-order chi connectivity index (χ1) is 13.1. The van der Waals surface area contributed by atoms with Crippen molar-refractivity contribution in [2.24, 2.45) is 0 Å². The molecule has 27 heavy (non-hydrogen) atoms. The lowest BCUT2D eigenvalue weighted by Gasteiger charge is -2.35. The average molecular weight is 364 g/mol. The van der Waals surface area contributed by atoms with Crippen molar-refractivity contribution in [3.8, 4) is 5.88 Å². The second-order valence-electron chi connectivity index (χ2n) is 6.34. The number of aromatic nitrogens is 4. The van der Waals surface area contributed by atoms with E-state index in [0.717, 1.165) is 16.9 Å². The first-order valence-corrected chi connectivity index (χ1v) is 8.80. The number of para-hydroxylation sites is 2. The van der Waals surface area contributed by atoms with E-state index in [2.05, 4.69) is 24.8 Å². The number of hydrogen-bond donors (Lipinski definition) is 0. The van der Waals surface area contributed by atoms with Gasteiger partial charge < -0.3 is 14.5 Å². The molecular formula is C19H20N6O2. The Hall–Kier alpha value is -3.29. The number of rotatable bonds is 3. The van der Waals surface area contributed by atoms with Crippen LogP contribution < -0.4 is 9.64 Å². The summed E-state index contributed by atoms with van der Waals surface area (Å²) in [6, 6.07) is 9.36. The fraction of sp³-hybridized carbons (Fsp3) is 0.316. The molecule has 1 fully saturated rings. The number of hydrogen-bond acceptors (Lipinski definition) is 7. The minimum atomic E-state index is -0.0932. The zero-order valence-electron chi connectivity index (χ0n) is 15.3. The largest absolute Gasteiger partial charge is 0.481 e. The van der Waals surface area contributed by atoms with Gasteiger partial charge in [-0.15, -0.1) is 0 Å². The molecule has 0 bridgehead atoms. The highest BCUT2D eigenvalue weighted by atomic mass is 16.5. The van der Waals surface area contributed by atoms with Crippen LogP contribution in [-0.2, 0) is 0 Å². The second kappa shape index (κ2) is 7.14. The van der Waals surface area contributed by atoms with Crippen molar-refractivity contribution in [3.05, 3.63) is 48.0 Å². The second-order valence-corrected chi connectivity index (χ2v) is 6.34. The third kappa shape index (κ3) is 3.51. The molecule has 0 unspecified atom stereocenters. The highest BCUT2D eigenvalue weighted by molar-refractivity contribution is 5.94. The van der Waals surface area contributed by atoms with E-state index in [1.54, 1.807) is 18.2 Å². The van der Waals surface area contributed by atoms with Gasteiger partial charge in [0, 0.05) is 32.2 Å². The van der Waals surface area contributed by atoms with Gasteiger partial charge in [0.15, 0.2) is 0 Å². The number of piperazine rings is 1. The van der Waals surface area contributed by atoms with Crippen LogP contribution in [0, 0.1) is 6.92 Å². The van der Waals surface area contributed by atoms with Gasteiger partial charge in [0.05, 0.1) is 24.3 Å². The lowest BCUT2D eigenvalue weighted by molar-refractivity contribution is 0.0740. The number of ether oxygens (including phenoxy) is 1. The molecule has 1 aliphatic heterocycles. The molecule has 138 valence electrons. The highest BCUT2D eigenvalue weighted by Gasteiger charge is 2.24. The van der Waals surface area contributed by atoms with Gasteiger partial charge in [-0.1, -0.05) is 12.1 Å². The Balaban J connectivity index is 1.46. The van der Waals surface area contributed by atoms with Crippen LogP contribution in [0.1, 0.15) is 16.3 Å². The first kappa shape index (κ1) is 17.1. The van der Waals surface area contributed by atoms with Gasteiger partial charge in [-0.3, -0.25) is 9.78 Å². The number of fused-ring (bicyclic) bond motifs is 1. The Morgan fingerprint density at radius 3 is 2.52 bits per heavy atom. The molecule has 0 aliphatic carbocycles. The number of aryl methyl sites for hydroxylation is 1. The molecule has 2 aromatic heterocycles. The van der Waals surface area contributed by atoms with Crippen LogP contribution in [-0.4, -0.2) is 64.0 Å². The molecule has 1 saturated heterocycles. The number of methoxy groups -OCH3 is 1. The van der Waals surface area contributed by atoms with Crippen molar-refractivity contribution in [1.82, 2.24) is 24.8 Å². The van der Waals surface area contributed by atoms with Crippen molar-refractivity contribution in [2.45, 2.75) is 6.92 Å². The molecule has 8 heteroatoms. The molecule has 0 N–H and O–H groups in total. The monoisotopic (exact) mass is 364 g/mol. The Kier molecular flexibility index (Phi) is 4.53. The Labute approximate surface area is 156 Å².